The van der Waals surface area contributed by atoms with Crippen LogP contribution >= 0.6 is 0 Å². The molecule has 0 N–H and O–H groups in total. The summed E-state index contributed by atoms with van der Waals surface area (Å²) in [7, 11) is 4.01. The van der Waals surface area contributed by atoms with Crippen molar-refractivity contribution >= 4 is 11.8 Å². The quantitative estimate of drug-likeness (QED) is 0.664. The van der Waals surface area contributed by atoms with Gasteiger partial charge in [-0.25, -0.2) is 0 Å². The van der Waals surface area contributed by atoms with Crippen LogP contribution in [0.15, 0.2) is 29.8 Å². The van der Waals surface area contributed by atoms with Gasteiger partial charge in [0.2, 0.25) is 0 Å². The van der Waals surface area contributed by atoms with Gasteiger partial charge in [0.1, 0.15) is 0 Å². The summed E-state index contributed by atoms with van der Waals surface area (Å²) in [6, 6.07) is 10.2. The first-order chi connectivity index (χ1) is 6.63. The first kappa shape index (κ1) is 10.3. The topological polar surface area (TPSA) is 27.0 Å². The number of nitriles is 1. The van der Waals surface area contributed by atoms with Gasteiger partial charge in [0.25, 0.3) is 0 Å². The molecule has 0 heterocycles. The van der Waals surface area contributed by atoms with Gasteiger partial charge in [-0.05, 0) is 30.7 Å². The lowest BCUT2D eigenvalue weighted by Gasteiger charge is -2.11. The second kappa shape index (κ2) is 4.48. The molecule has 0 aliphatic carbocycles. The summed E-state index contributed by atoms with van der Waals surface area (Å²) in [6.45, 7) is 1.81. The van der Waals surface area contributed by atoms with E-state index >= 15 is 0 Å². The largest absolute Gasteiger partial charge is 0.378 e. The number of rotatable bonds is 2. The predicted octanol–water partition coefficient (Wildman–Crippen LogP) is 2.68. The molecule has 0 spiro atoms. The fourth-order valence-electron chi connectivity index (χ4n) is 1.15. The highest BCUT2D eigenvalue weighted by molar-refractivity contribution is 5.59. The summed E-state index contributed by atoms with van der Waals surface area (Å²) in [5.74, 6) is 0. The Hall–Kier alpha value is -1.75. The SMILES string of the molecule is CC(C#N)=Cc1ccc(N(C)C)cc1. The third-order valence-electron chi connectivity index (χ3n) is 1.97. The van der Waals surface area contributed by atoms with Gasteiger partial charge in [0, 0.05) is 25.4 Å². The molecule has 0 saturated heterocycles. The molecule has 2 heteroatoms. The van der Waals surface area contributed by atoms with Crippen molar-refractivity contribution in [3.8, 4) is 6.07 Å². The number of hydrogen-bond donors (Lipinski definition) is 0. The number of anilines is 1. The molecule has 0 aliphatic rings. The van der Waals surface area contributed by atoms with E-state index in [0.717, 1.165) is 16.8 Å². The van der Waals surface area contributed by atoms with Gasteiger partial charge in [-0.3, -0.25) is 0 Å². The molecule has 14 heavy (non-hydrogen) atoms. The molecular weight excluding hydrogens is 172 g/mol. The maximum Gasteiger partial charge on any atom is 0.0944 e. The van der Waals surface area contributed by atoms with Crippen LogP contribution in [0.1, 0.15) is 12.5 Å². The van der Waals surface area contributed by atoms with Crippen LogP contribution in [-0.4, -0.2) is 14.1 Å². The van der Waals surface area contributed by atoms with E-state index in [1.807, 2.05) is 49.3 Å². The normalized spacial score (nSPS) is 10.9. The standard InChI is InChI=1S/C12H14N2/c1-10(9-13)8-11-4-6-12(7-5-11)14(2)3/h4-8H,1-3H3. The van der Waals surface area contributed by atoms with E-state index in [-0.39, 0.29) is 0 Å². The van der Waals surface area contributed by atoms with E-state index < -0.39 is 0 Å². The molecule has 0 atom stereocenters. The van der Waals surface area contributed by atoms with Gasteiger partial charge in [0.05, 0.1) is 6.07 Å². The smallest absolute Gasteiger partial charge is 0.0944 e. The Morgan fingerprint density at radius 1 is 1.29 bits per heavy atom. The van der Waals surface area contributed by atoms with Gasteiger partial charge in [-0.2, -0.15) is 5.26 Å². The van der Waals surface area contributed by atoms with Crippen LogP contribution in [0.2, 0.25) is 0 Å². The predicted molar refractivity (Wildman–Crippen MR) is 60.0 cm³/mol. The van der Waals surface area contributed by atoms with Crippen LogP contribution in [0.25, 0.3) is 6.08 Å². The van der Waals surface area contributed by atoms with Gasteiger partial charge < -0.3 is 4.90 Å². The van der Waals surface area contributed by atoms with E-state index in [1.165, 1.54) is 0 Å². The summed E-state index contributed by atoms with van der Waals surface area (Å²) < 4.78 is 0. The molecule has 0 amide bonds. The minimum Gasteiger partial charge on any atom is -0.378 e. The van der Waals surface area contributed by atoms with E-state index in [1.54, 1.807) is 6.92 Å². The fraction of sp³-hybridized carbons (Fsp3) is 0.250. The summed E-state index contributed by atoms with van der Waals surface area (Å²) in [6.07, 6.45) is 1.87. The molecule has 0 aromatic heterocycles. The third kappa shape index (κ3) is 2.63. The molecule has 1 aromatic rings. The zero-order chi connectivity index (χ0) is 10.6. The minimum absolute atomic E-state index is 0.725. The minimum atomic E-state index is 0.725. The number of allylic oxidation sites excluding steroid dienone is 1. The van der Waals surface area contributed by atoms with Crippen LogP contribution in [0.3, 0.4) is 0 Å². The zero-order valence-corrected chi connectivity index (χ0v) is 8.78. The second-order valence-corrected chi connectivity index (χ2v) is 3.43. The van der Waals surface area contributed by atoms with Crippen molar-refractivity contribution in [1.82, 2.24) is 0 Å². The second-order valence-electron chi connectivity index (χ2n) is 3.43. The molecule has 0 radical (unpaired) electrons. The molecule has 72 valence electrons. The molecule has 0 bridgehead atoms. The van der Waals surface area contributed by atoms with Crippen LogP contribution in [0, 0.1) is 11.3 Å². The Balaban J connectivity index is 2.90. The van der Waals surface area contributed by atoms with E-state index in [9.17, 15) is 0 Å². The third-order valence-corrected chi connectivity index (χ3v) is 1.97. The molecule has 0 saturated carbocycles. The fourth-order valence-corrected chi connectivity index (χ4v) is 1.15. The summed E-state index contributed by atoms with van der Waals surface area (Å²) in [4.78, 5) is 2.05. The average Bonchev–Trinajstić information content (AvgIpc) is 2.18. The molecular formula is C12H14N2. The van der Waals surface area contributed by atoms with E-state index in [4.69, 9.17) is 5.26 Å². The van der Waals surface area contributed by atoms with Crippen molar-refractivity contribution < 1.29 is 0 Å². The molecule has 0 aliphatic heterocycles. The first-order valence-corrected chi connectivity index (χ1v) is 4.49. The van der Waals surface area contributed by atoms with Crippen molar-refractivity contribution in [1.29, 1.82) is 5.26 Å². The average molecular weight is 186 g/mol. The van der Waals surface area contributed by atoms with Gasteiger partial charge in [0.15, 0.2) is 0 Å². The highest BCUT2D eigenvalue weighted by atomic mass is 15.1. The van der Waals surface area contributed by atoms with Crippen LogP contribution in [0.4, 0.5) is 5.69 Å². The maximum absolute atomic E-state index is 8.61. The molecule has 2 nitrogen and oxygen atoms in total. The van der Waals surface area contributed by atoms with Crippen molar-refractivity contribution in [3.05, 3.63) is 35.4 Å². The monoisotopic (exact) mass is 186 g/mol. The maximum atomic E-state index is 8.61. The summed E-state index contributed by atoms with van der Waals surface area (Å²) >= 11 is 0. The highest BCUT2D eigenvalue weighted by Gasteiger charge is 1.94. The lowest BCUT2D eigenvalue weighted by atomic mass is 10.1. The Labute approximate surface area is 85.1 Å². The van der Waals surface area contributed by atoms with Crippen molar-refractivity contribution in [2.45, 2.75) is 6.92 Å². The highest BCUT2D eigenvalue weighted by Crippen LogP contribution is 2.14. The number of hydrogen-bond acceptors (Lipinski definition) is 2. The Morgan fingerprint density at radius 2 is 1.86 bits per heavy atom. The van der Waals surface area contributed by atoms with Gasteiger partial charge in [-0.1, -0.05) is 12.1 Å². The van der Waals surface area contributed by atoms with E-state index in [2.05, 4.69) is 6.07 Å². The first-order valence-electron chi connectivity index (χ1n) is 4.49. The molecule has 0 unspecified atom stereocenters. The molecule has 1 aromatic carbocycles. The molecule has 0 fully saturated rings. The number of benzene rings is 1. The lowest BCUT2D eigenvalue weighted by Crippen LogP contribution is -2.07. The Morgan fingerprint density at radius 3 is 2.29 bits per heavy atom. The van der Waals surface area contributed by atoms with Gasteiger partial charge in [-0.15, -0.1) is 0 Å². The Kier molecular flexibility index (Phi) is 3.30. The Bertz CT molecular complexity index is 366. The van der Waals surface area contributed by atoms with Gasteiger partial charge >= 0.3 is 0 Å². The zero-order valence-electron chi connectivity index (χ0n) is 8.78. The van der Waals surface area contributed by atoms with Crippen LogP contribution in [0.5, 0.6) is 0 Å². The van der Waals surface area contributed by atoms with Crippen molar-refractivity contribution in [3.63, 3.8) is 0 Å². The van der Waals surface area contributed by atoms with Crippen molar-refractivity contribution in [2.24, 2.45) is 0 Å². The van der Waals surface area contributed by atoms with Crippen LogP contribution < -0.4 is 4.90 Å². The molecule has 1 rings (SSSR count). The van der Waals surface area contributed by atoms with E-state index in [0.29, 0.717) is 0 Å². The van der Waals surface area contributed by atoms with Crippen LogP contribution in [-0.2, 0) is 0 Å². The summed E-state index contributed by atoms with van der Waals surface area (Å²) in [5.41, 5.74) is 2.95. The summed E-state index contributed by atoms with van der Waals surface area (Å²) in [5, 5.41) is 8.61. The number of nitrogens with zero attached hydrogens (tertiary/aromatic N) is 2. The lowest BCUT2D eigenvalue weighted by molar-refractivity contribution is 1.13. The van der Waals surface area contributed by atoms with Crippen molar-refractivity contribution in [2.75, 3.05) is 19.0 Å².